The van der Waals surface area contributed by atoms with E-state index in [2.05, 4.69) is 12.2 Å². The summed E-state index contributed by atoms with van der Waals surface area (Å²) < 4.78 is 0. The lowest BCUT2D eigenvalue weighted by atomic mass is 9.86. The molecule has 3 N–H and O–H groups in total. The van der Waals surface area contributed by atoms with Crippen LogP contribution in [0.5, 0.6) is 0 Å². The number of hydrogen-bond acceptors (Lipinski definition) is 2. The van der Waals surface area contributed by atoms with Crippen molar-refractivity contribution >= 4 is 5.91 Å². The van der Waals surface area contributed by atoms with E-state index in [1.54, 1.807) is 0 Å². The molecule has 1 aliphatic rings. The third kappa shape index (κ3) is 7.00. The SMILES string of the molecule is CCCCCCCC(=O)NCC1CCC(N)CC1. The number of carbonyl (C=O) groups is 1. The van der Waals surface area contributed by atoms with Crippen LogP contribution in [0.25, 0.3) is 0 Å². The number of amides is 1. The van der Waals surface area contributed by atoms with Gasteiger partial charge in [-0.05, 0) is 38.0 Å². The molecule has 0 aliphatic heterocycles. The molecule has 0 radical (unpaired) electrons. The number of carbonyl (C=O) groups excluding carboxylic acids is 1. The molecule has 0 atom stereocenters. The molecule has 0 aromatic rings. The summed E-state index contributed by atoms with van der Waals surface area (Å²) >= 11 is 0. The number of unbranched alkanes of at least 4 members (excludes halogenated alkanes) is 4. The Hall–Kier alpha value is -0.570. The Kier molecular flexibility index (Phi) is 8.06. The normalized spacial score (nSPS) is 23.9. The van der Waals surface area contributed by atoms with Crippen molar-refractivity contribution in [2.45, 2.75) is 77.2 Å². The number of nitrogens with two attached hydrogens (primary N) is 1. The van der Waals surface area contributed by atoms with Gasteiger partial charge < -0.3 is 11.1 Å². The van der Waals surface area contributed by atoms with Crippen LogP contribution in [-0.4, -0.2) is 18.5 Å². The van der Waals surface area contributed by atoms with E-state index in [1.807, 2.05) is 0 Å². The summed E-state index contributed by atoms with van der Waals surface area (Å²) in [6.07, 6.45) is 11.4. The Balaban J connectivity index is 1.96. The predicted octanol–water partition coefficient (Wildman–Crippen LogP) is 2.98. The zero-order chi connectivity index (χ0) is 13.2. The van der Waals surface area contributed by atoms with Crippen molar-refractivity contribution < 1.29 is 4.79 Å². The molecule has 1 fully saturated rings. The highest BCUT2D eigenvalue weighted by Crippen LogP contribution is 2.22. The van der Waals surface area contributed by atoms with Gasteiger partial charge in [-0.25, -0.2) is 0 Å². The summed E-state index contributed by atoms with van der Waals surface area (Å²) in [6.45, 7) is 3.07. The molecule has 0 aromatic heterocycles. The highest BCUT2D eigenvalue weighted by molar-refractivity contribution is 5.75. The van der Waals surface area contributed by atoms with E-state index >= 15 is 0 Å². The number of rotatable bonds is 8. The van der Waals surface area contributed by atoms with Crippen molar-refractivity contribution in [3.8, 4) is 0 Å². The minimum Gasteiger partial charge on any atom is -0.356 e. The van der Waals surface area contributed by atoms with Gasteiger partial charge >= 0.3 is 0 Å². The lowest BCUT2D eigenvalue weighted by molar-refractivity contribution is -0.121. The molecule has 0 spiro atoms. The molecular weight excluding hydrogens is 224 g/mol. The minimum absolute atomic E-state index is 0.237. The van der Waals surface area contributed by atoms with E-state index in [0.717, 1.165) is 25.8 Å². The summed E-state index contributed by atoms with van der Waals surface area (Å²) in [5, 5.41) is 3.08. The van der Waals surface area contributed by atoms with Crippen LogP contribution in [0, 0.1) is 5.92 Å². The Morgan fingerprint density at radius 1 is 1.11 bits per heavy atom. The Morgan fingerprint density at radius 2 is 1.78 bits per heavy atom. The Labute approximate surface area is 112 Å². The first kappa shape index (κ1) is 15.5. The maximum Gasteiger partial charge on any atom is 0.220 e. The lowest BCUT2D eigenvalue weighted by Gasteiger charge is -2.26. The van der Waals surface area contributed by atoms with Gasteiger partial charge in [-0.15, -0.1) is 0 Å². The highest BCUT2D eigenvalue weighted by Gasteiger charge is 2.18. The molecule has 3 heteroatoms. The summed E-state index contributed by atoms with van der Waals surface area (Å²) in [7, 11) is 0. The first-order valence-electron chi connectivity index (χ1n) is 7.74. The van der Waals surface area contributed by atoms with Crippen LogP contribution < -0.4 is 11.1 Å². The molecular formula is C15H30N2O. The summed E-state index contributed by atoms with van der Waals surface area (Å²) in [5.41, 5.74) is 5.87. The van der Waals surface area contributed by atoms with Gasteiger partial charge in [0.2, 0.25) is 5.91 Å². The summed E-state index contributed by atoms with van der Waals surface area (Å²) in [5.74, 6) is 0.898. The molecule has 18 heavy (non-hydrogen) atoms. The molecule has 1 aliphatic carbocycles. The highest BCUT2D eigenvalue weighted by atomic mass is 16.1. The topological polar surface area (TPSA) is 55.1 Å². The van der Waals surface area contributed by atoms with Gasteiger partial charge in [-0.2, -0.15) is 0 Å². The second-order valence-corrected chi connectivity index (χ2v) is 5.75. The van der Waals surface area contributed by atoms with Gasteiger partial charge in [-0.3, -0.25) is 4.79 Å². The molecule has 0 heterocycles. The van der Waals surface area contributed by atoms with Crippen molar-refractivity contribution in [1.82, 2.24) is 5.32 Å². The molecule has 1 rings (SSSR count). The maximum absolute atomic E-state index is 11.6. The van der Waals surface area contributed by atoms with E-state index in [-0.39, 0.29) is 5.91 Å². The maximum atomic E-state index is 11.6. The van der Waals surface area contributed by atoms with Crippen LogP contribution in [0.4, 0.5) is 0 Å². The second-order valence-electron chi connectivity index (χ2n) is 5.75. The van der Waals surface area contributed by atoms with Gasteiger partial charge in [0.15, 0.2) is 0 Å². The zero-order valence-corrected chi connectivity index (χ0v) is 11.9. The number of hydrogen-bond donors (Lipinski definition) is 2. The Bertz CT molecular complexity index is 223. The third-order valence-corrected chi connectivity index (χ3v) is 3.99. The van der Waals surface area contributed by atoms with E-state index < -0.39 is 0 Å². The van der Waals surface area contributed by atoms with E-state index in [1.165, 1.54) is 38.5 Å². The van der Waals surface area contributed by atoms with Crippen LogP contribution in [0.2, 0.25) is 0 Å². The van der Waals surface area contributed by atoms with Gasteiger partial charge in [-0.1, -0.05) is 32.6 Å². The van der Waals surface area contributed by atoms with E-state index in [0.29, 0.717) is 18.4 Å². The van der Waals surface area contributed by atoms with Crippen LogP contribution in [-0.2, 0) is 4.79 Å². The van der Waals surface area contributed by atoms with Crippen LogP contribution in [0.3, 0.4) is 0 Å². The van der Waals surface area contributed by atoms with Gasteiger partial charge in [0.25, 0.3) is 0 Å². The Morgan fingerprint density at radius 3 is 2.44 bits per heavy atom. The fraction of sp³-hybridized carbons (Fsp3) is 0.933. The fourth-order valence-corrected chi connectivity index (χ4v) is 2.63. The van der Waals surface area contributed by atoms with Gasteiger partial charge in [0.1, 0.15) is 0 Å². The lowest BCUT2D eigenvalue weighted by Crippen LogP contribution is -2.34. The average Bonchev–Trinajstić information content (AvgIpc) is 2.38. The second kappa shape index (κ2) is 9.37. The standard InChI is InChI=1S/C15H30N2O/c1-2-3-4-5-6-7-15(18)17-12-13-8-10-14(16)11-9-13/h13-14H,2-12,16H2,1H3,(H,17,18). The summed E-state index contributed by atoms with van der Waals surface area (Å²) in [6, 6.07) is 0.399. The molecule has 0 unspecified atom stereocenters. The summed E-state index contributed by atoms with van der Waals surface area (Å²) in [4.78, 5) is 11.6. The third-order valence-electron chi connectivity index (χ3n) is 3.99. The van der Waals surface area contributed by atoms with Crippen LogP contribution >= 0.6 is 0 Å². The minimum atomic E-state index is 0.237. The molecule has 0 bridgehead atoms. The smallest absolute Gasteiger partial charge is 0.220 e. The quantitative estimate of drug-likeness (QED) is 0.654. The van der Waals surface area contributed by atoms with E-state index in [4.69, 9.17) is 5.73 Å². The fourth-order valence-electron chi connectivity index (χ4n) is 2.63. The monoisotopic (exact) mass is 254 g/mol. The first-order chi connectivity index (χ1) is 8.72. The predicted molar refractivity (Wildman–Crippen MR) is 76.3 cm³/mol. The molecule has 106 valence electrons. The van der Waals surface area contributed by atoms with Crippen molar-refractivity contribution in [1.29, 1.82) is 0 Å². The van der Waals surface area contributed by atoms with Crippen LogP contribution in [0.15, 0.2) is 0 Å². The van der Waals surface area contributed by atoms with Crippen molar-refractivity contribution in [3.63, 3.8) is 0 Å². The molecule has 0 saturated heterocycles. The molecule has 1 saturated carbocycles. The number of nitrogens with one attached hydrogen (secondary N) is 1. The average molecular weight is 254 g/mol. The van der Waals surface area contributed by atoms with E-state index in [9.17, 15) is 4.79 Å². The van der Waals surface area contributed by atoms with Crippen LogP contribution in [0.1, 0.15) is 71.1 Å². The van der Waals surface area contributed by atoms with Gasteiger partial charge in [0, 0.05) is 19.0 Å². The largest absolute Gasteiger partial charge is 0.356 e. The van der Waals surface area contributed by atoms with Crippen molar-refractivity contribution in [2.24, 2.45) is 11.7 Å². The van der Waals surface area contributed by atoms with Crippen molar-refractivity contribution in [2.75, 3.05) is 6.54 Å². The first-order valence-corrected chi connectivity index (χ1v) is 7.74. The molecule has 3 nitrogen and oxygen atoms in total. The molecule has 1 amide bonds. The van der Waals surface area contributed by atoms with Gasteiger partial charge in [0.05, 0.1) is 0 Å². The zero-order valence-electron chi connectivity index (χ0n) is 11.9. The molecule has 0 aromatic carbocycles. The van der Waals surface area contributed by atoms with Crippen molar-refractivity contribution in [3.05, 3.63) is 0 Å².